The van der Waals surface area contributed by atoms with Crippen molar-refractivity contribution in [1.29, 1.82) is 0 Å². The van der Waals surface area contributed by atoms with Crippen molar-refractivity contribution in [3.8, 4) is 5.75 Å². The predicted molar refractivity (Wildman–Crippen MR) is 91.4 cm³/mol. The van der Waals surface area contributed by atoms with Crippen LogP contribution in [0, 0.1) is 12.7 Å². The molecule has 124 valence electrons. The van der Waals surface area contributed by atoms with Crippen LogP contribution in [0.5, 0.6) is 5.75 Å². The van der Waals surface area contributed by atoms with Crippen LogP contribution in [0.4, 0.5) is 4.39 Å². The lowest BCUT2D eigenvalue weighted by atomic mass is 10.2. The number of nitrogens with zero attached hydrogens (tertiary/aromatic N) is 2. The maximum absolute atomic E-state index is 13.3. The van der Waals surface area contributed by atoms with E-state index in [9.17, 15) is 9.50 Å². The molecule has 0 bridgehead atoms. The van der Waals surface area contributed by atoms with Crippen LogP contribution >= 0.6 is 11.3 Å². The molecule has 5 nitrogen and oxygen atoms in total. The minimum Gasteiger partial charge on any atom is -0.505 e. The number of nitrogens with one attached hydrogen (secondary N) is 2. The van der Waals surface area contributed by atoms with Crippen molar-refractivity contribution in [2.45, 2.75) is 26.8 Å². The standard InChI is InChI=1S/C16H21FN4OS/c1-3-18-16(19-7-6-13-10-23-11(2)21-13)20-9-12-4-5-15(22)14(17)8-12/h4-5,8,10,22H,3,6-7,9H2,1-2H3,(H2,18,19,20). The predicted octanol–water partition coefficient (Wildman–Crippen LogP) is 2.59. The first-order valence-corrected chi connectivity index (χ1v) is 8.37. The zero-order chi connectivity index (χ0) is 16.7. The van der Waals surface area contributed by atoms with E-state index in [-0.39, 0.29) is 5.75 Å². The van der Waals surface area contributed by atoms with Crippen molar-refractivity contribution in [2.24, 2.45) is 4.99 Å². The van der Waals surface area contributed by atoms with Crippen LogP contribution in [0.1, 0.15) is 23.2 Å². The Labute approximate surface area is 139 Å². The Balaban J connectivity index is 1.89. The van der Waals surface area contributed by atoms with E-state index in [1.54, 1.807) is 17.4 Å². The second-order valence-corrected chi connectivity index (χ2v) is 6.08. The molecule has 2 rings (SSSR count). The van der Waals surface area contributed by atoms with E-state index in [0.29, 0.717) is 18.1 Å². The highest BCUT2D eigenvalue weighted by Crippen LogP contribution is 2.16. The Kier molecular flexibility index (Phi) is 6.34. The molecule has 0 unspecified atom stereocenters. The third-order valence-electron chi connectivity index (χ3n) is 3.12. The number of hydrogen-bond acceptors (Lipinski definition) is 4. The molecule has 0 aliphatic carbocycles. The fourth-order valence-electron chi connectivity index (χ4n) is 1.99. The SMILES string of the molecule is CCNC(=NCc1ccc(O)c(F)c1)NCCc1csc(C)n1. The molecule has 1 aromatic heterocycles. The Morgan fingerprint density at radius 1 is 1.39 bits per heavy atom. The Morgan fingerprint density at radius 2 is 2.22 bits per heavy atom. The van der Waals surface area contributed by atoms with Crippen LogP contribution in [-0.2, 0) is 13.0 Å². The maximum Gasteiger partial charge on any atom is 0.191 e. The molecule has 1 heterocycles. The van der Waals surface area contributed by atoms with Crippen molar-refractivity contribution >= 4 is 17.3 Å². The molecule has 0 aliphatic rings. The summed E-state index contributed by atoms with van der Waals surface area (Å²) in [6.45, 7) is 5.78. The number of benzene rings is 1. The summed E-state index contributed by atoms with van der Waals surface area (Å²) >= 11 is 1.64. The van der Waals surface area contributed by atoms with E-state index < -0.39 is 5.82 Å². The van der Waals surface area contributed by atoms with Gasteiger partial charge in [-0.25, -0.2) is 14.4 Å². The molecule has 23 heavy (non-hydrogen) atoms. The topological polar surface area (TPSA) is 69.5 Å². The fraction of sp³-hybridized carbons (Fsp3) is 0.375. The van der Waals surface area contributed by atoms with Crippen LogP contribution < -0.4 is 10.6 Å². The Bertz CT molecular complexity index is 672. The first-order chi connectivity index (χ1) is 11.1. The summed E-state index contributed by atoms with van der Waals surface area (Å²) in [5.74, 6) is -0.302. The molecule has 7 heteroatoms. The van der Waals surface area contributed by atoms with Gasteiger partial charge in [-0.3, -0.25) is 0 Å². The molecule has 0 aliphatic heterocycles. The van der Waals surface area contributed by atoms with Crippen molar-refractivity contribution in [3.05, 3.63) is 45.7 Å². The number of phenols is 1. The Hall–Kier alpha value is -2.15. The lowest BCUT2D eigenvalue weighted by Gasteiger charge is -2.10. The average Bonchev–Trinajstić information content (AvgIpc) is 2.93. The minimum absolute atomic E-state index is 0.336. The van der Waals surface area contributed by atoms with E-state index >= 15 is 0 Å². The molecule has 0 amide bonds. The average molecular weight is 336 g/mol. The lowest BCUT2D eigenvalue weighted by Crippen LogP contribution is -2.38. The number of hydrogen-bond donors (Lipinski definition) is 3. The molecule has 0 saturated heterocycles. The van der Waals surface area contributed by atoms with Gasteiger partial charge in [0.15, 0.2) is 17.5 Å². The largest absolute Gasteiger partial charge is 0.505 e. The number of aromatic nitrogens is 1. The fourth-order valence-corrected chi connectivity index (χ4v) is 2.64. The van der Waals surface area contributed by atoms with Crippen LogP contribution in [0.15, 0.2) is 28.6 Å². The molecular weight excluding hydrogens is 315 g/mol. The van der Waals surface area contributed by atoms with Gasteiger partial charge in [0.25, 0.3) is 0 Å². The van der Waals surface area contributed by atoms with Crippen molar-refractivity contribution in [1.82, 2.24) is 15.6 Å². The smallest absolute Gasteiger partial charge is 0.191 e. The van der Waals surface area contributed by atoms with Gasteiger partial charge in [0, 0.05) is 24.9 Å². The summed E-state index contributed by atoms with van der Waals surface area (Å²) < 4.78 is 13.3. The van der Waals surface area contributed by atoms with E-state index in [0.717, 1.165) is 30.2 Å². The Morgan fingerprint density at radius 3 is 2.87 bits per heavy atom. The molecular formula is C16H21FN4OS. The number of rotatable bonds is 6. The summed E-state index contributed by atoms with van der Waals surface area (Å²) in [6, 6.07) is 4.29. The zero-order valence-electron chi connectivity index (χ0n) is 13.3. The third kappa shape index (κ3) is 5.52. The van der Waals surface area contributed by atoms with Gasteiger partial charge in [0.05, 0.1) is 17.2 Å². The van der Waals surface area contributed by atoms with Crippen molar-refractivity contribution < 1.29 is 9.50 Å². The van der Waals surface area contributed by atoms with E-state index in [1.807, 2.05) is 13.8 Å². The van der Waals surface area contributed by atoms with Crippen LogP contribution in [0.2, 0.25) is 0 Å². The monoisotopic (exact) mass is 336 g/mol. The summed E-state index contributed by atoms with van der Waals surface area (Å²) in [5, 5.41) is 18.7. The molecule has 0 fully saturated rings. The molecule has 0 atom stereocenters. The molecule has 2 aromatic rings. The first-order valence-electron chi connectivity index (χ1n) is 7.49. The quantitative estimate of drug-likeness (QED) is 0.560. The summed E-state index contributed by atoms with van der Waals surface area (Å²) in [5.41, 5.74) is 1.77. The van der Waals surface area contributed by atoms with Gasteiger partial charge in [-0.1, -0.05) is 6.07 Å². The highest BCUT2D eigenvalue weighted by Gasteiger charge is 2.03. The highest BCUT2D eigenvalue weighted by molar-refractivity contribution is 7.09. The summed E-state index contributed by atoms with van der Waals surface area (Å²) in [6.07, 6.45) is 0.822. The minimum atomic E-state index is -0.630. The van der Waals surface area contributed by atoms with Gasteiger partial charge < -0.3 is 15.7 Å². The van der Waals surface area contributed by atoms with Crippen molar-refractivity contribution in [3.63, 3.8) is 0 Å². The van der Waals surface area contributed by atoms with Crippen LogP contribution in [0.3, 0.4) is 0 Å². The van der Waals surface area contributed by atoms with E-state index in [4.69, 9.17) is 0 Å². The number of guanidine groups is 1. The lowest BCUT2D eigenvalue weighted by molar-refractivity contribution is 0.432. The summed E-state index contributed by atoms with van der Waals surface area (Å²) in [4.78, 5) is 8.84. The number of thiazole rings is 1. The van der Waals surface area contributed by atoms with Gasteiger partial charge >= 0.3 is 0 Å². The number of aromatic hydroxyl groups is 1. The third-order valence-corrected chi connectivity index (χ3v) is 3.94. The van der Waals surface area contributed by atoms with Crippen LogP contribution in [-0.4, -0.2) is 29.1 Å². The molecule has 1 aromatic carbocycles. The van der Waals surface area contributed by atoms with Gasteiger partial charge in [0.2, 0.25) is 0 Å². The molecule has 0 radical (unpaired) electrons. The van der Waals surface area contributed by atoms with Gasteiger partial charge in [-0.15, -0.1) is 11.3 Å². The summed E-state index contributed by atoms with van der Waals surface area (Å²) in [7, 11) is 0. The zero-order valence-corrected chi connectivity index (χ0v) is 14.1. The maximum atomic E-state index is 13.3. The first kappa shape index (κ1) is 17.2. The number of aliphatic imine (C=N–C) groups is 1. The highest BCUT2D eigenvalue weighted by atomic mass is 32.1. The van der Waals surface area contributed by atoms with Crippen LogP contribution in [0.25, 0.3) is 0 Å². The normalized spacial score (nSPS) is 11.5. The van der Waals surface area contributed by atoms with E-state index in [2.05, 4.69) is 26.0 Å². The molecule has 3 N–H and O–H groups in total. The number of halogens is 1. The molecule has 0 saturated carbocycles. The van der Waals surface area contributed by atoms with Gasteiger partial charge in [0.1, 0.15) is 0 Å². The molecule has 0 spiro atoms. The second-order valence-electron chi connectivity index (χ2n) is 5.02. The van der Waals surface area contributed by atoms with Gasteiger partial charge in [-0.05, 0) is 31.5 Å². The van der Waals surface area contributed by atoms with Crippen molar-refractivity contribution in [2.75, 3.05) is 13.1 Å². The number of phenolic OH excluding ortho intramolecular Hbond substituents is 1. The second kappa shape index (κ2) is 8.47. The van der Waals surface area contributed by atoms with Gasteiger partial charge in [-0.2, -0.15) is 0 Å². The number of aryl methyl sites for hydroxylation is 1. The van der Waals surface area contributed by atoms with E-state index in [1.165, 1.54) is 12.1 Å².